The third-order valence-electron chi connectivity index (χ3n) is 3.98. The Bertz CT molecular complexity index is 761. The molecule has 0 unspecified atom stereocenters. The van der Waals surface area contributed by atoms with E-state index in [0.29, 0.717) is 5.69 Å². The number of nitrogens with zero attached hydrogens (tertiary/aromatic N) is 2. The van der Waals surface area contributed by atoms with Gasteiger partial charge >= 0.3 is 5.97 Å². The number of rotatable bonds is 4. The van der Waals surface area contributed by atoms with Crippen LogP contribution >= 0.6 is 0 Å². The number of amides is 1. The number of para-hydroxylation sites is 1. The summed E-state index contributed by atoms with van der Waals surface area (Å²) >= 11 is 0. The minimum absolute atomic E-state index is 0.0123. The molecule has 0 bridgehead atoms. The summed E-state index contributed by atoms with van der Waals surface area (Å²) in [6, 6.07) is 11.6. The SMILES string of the molecule is O=C(O)/C=C/c1cccn1CC(=O)N1CCCc2ccccc21. The number of carbonyl (C=O) groups excluding carboxylic acids is 1. The first kappa shape index (κ1) is 15.1. The van der Waals surface area contributed by atoms with Gasteiger partial charge in [-0.15, -0.1) is 0 Å². The Hall–Kier alpha value is -2.82. The van der Waals surface area contributed by atoms with Crippen LogP contribution < -0.4 is 4.90 Å². The van der Waals surface area contributed by atoms with Crippen molar-refractivity contribution in [2.45, 2.75) is 19.4 Å². The molecule has 0 spiro atoms. The van der Waals surface area contributed by atoms with Gasteiger partial charge in [-0.3, -0.25) is 4.79 Å². The van der Waals surface area contributed by atoms with E-state index < -0.39 is 5.97 Å². The van der Waals surface area contributed by atoms with Gasteiger partial charge in [-0.2, -0.15) is 0 Å². The number of carbonyl (C=O) groups is 2. The first-order chi connectivity index (χ1) is 11.1. The maximum Gasteiger partial charge on any atom is 0.328 e. The zero-order valence-electron chi connectivity index (χ0n) is 12.7. The van der Waals surface area contributed by atoms with Crippen LogP contribution in [0.15, 0.2) is 48.7 Å². The number of aliphatic carboxylic acids is 1. The van der Waals surface area contributed by atoms with Gasteiger partial charge in [0, 0.05) is 30.2 Å². The molecule has 2 heterocycles. The van der Waals surface area contributed by atoms with Crippen LogP contribution in [0, 0.1) is 0 Å². The minimum atomic E-state index is -1.01. The quantitative estimate of drug-likeness (QED) is 0.883. The van der Waals surface area contributed by atoms with Crippen molar-refractivity contribution in [2.24, 2.45) is 0 Å². The smallest absolute Gasteiger partial charge is 0.328 e. The number of benzene rings is 1. The fraction of sp³-hybridized carbons (Fsp3) is 0.222. The topological polar surface area (TPSA) is 62.5 Å². The molecule has 1 amide bonds. The van der Waals surface area contributed by atoms with Crippen molar-refractivity contribution >= 4 is 23.6 Å². The summed E-state index contributed by atoms with van der Waals surface area (Å²) in [7, 11) is 0. The largest absolute Gasteiger partial charge is 0.478 e. The highest BCUT2D eigenvalue weighted by Gasteiger charge is 2.22. The molecule has 1 N–H and O–H groups in total. The van der Waals surface area contributed by atoms with Crippen molar-refractivity contribution in [3.05, 3.63) is 59.9 Å². The van der Waals surface area contributed by atoms with Crippen molar-refractivity contribution in [2.75, 3.05) is 11.4 Å². The molecule has 5 heteroatoms. The van der Waals surface area contributed by atoms with Gasteiger partial charge in [-0.25, -0.2) is 4.79 Å². The standard InChI is InChI=1S/C18H18N2O3/c21-17(13-19-11-4-7-15(19)9-10-18(22)23)20-12-3-6-14-5-1-2-8-16(14)20/h1-2,4-5,7-11H,3,6,12-13H2,(H,22,23)/b10-9+. The Balaban J connectivity index is 1.79. The molecule has 0 radical (unpaired) electrons. The third kappa shape index (κ3) is 3.34. The average molecular weight is 310 g/mol. The van der Waals surface area contributed by atoms with E-state index in [0.717, 1.165) is 31.1 Å². The highest BCUT2D eigenvalue weighted by molar-refractivity contribution is 5.94. The molecule has 1 aromatic carbocycles. The van der Waals surface area contributed by atoms with E-state index in [-0.39, 0.29) is 12.5 Å². The van der Waals surface area contributed by atoms with Gasteiger partial charge in [-0.1, -0.05) is 18.2 Å². The number of fused-ring (bicyclic) bond motifs is 1. The number of hydrogen-bond donors (Lipinski definition) is 1. The van der Waals surface area contributed by atoms with Crippen molar-refractivity contribution in [3.8, 4) is 0 Å². The van der Waals surface area contributed by atoms with Crippen LogP contribution in [0.1, 0.15) is 17.7 Å². The van der Waals surface area contributed by atoms with E-state index in [1.807, 2.05) is 23.1 Å². The van der Waals surface area contributed by atoms with Crippen LogP contribution in [0.25, 0.3) is 6.08 Å². The van der Waals surface area contributed by atoms with Crippen molar-refractivity contribution < 1.29 is 14.7 Å². The van der Waals surface area contributed by atoms with Crippen molar-refractivity contribution in [1.29, 1.82) is 0 Å². The Kier molecular flexibility index (Phi) is 4.28. The van der Waals surface area contributed by atoms with E-state index in [1.165, 1.54) is 11.6 Å². The summed E-state index contributed by atoms with van der Waals surface area (Å²) in [5.74, 6) is -0.993. The molecule has 1 aliphatic rings. The lowest BCUT2D eigenvalue weighted by molar-refractivity contribution is -0.131. The highest BCUT2D eigenvalue weighted by Crippen LogP contribution is 2.27. The van der Waals surface area contributed by atoms with Gasteiger partial charge in [0.2, 0.25) is 5.91 Å². The van der Waals surface area contributed by atoms with E-state index in [1.54, 1.807) is 22.9 Å². The van der Waals surface area contributed by atoms with Crippen LogP contribution in [0.2, 0.25) is 0 Å². The first-order valence-electron chi connectivity index (χ1n) is 7.59. The average Bonchev–Trinajstić information content (AvgIpc) is 2.99. The second kappa shape index (κ2) is 6.52. The number of hydrogen-bond acceptors (Lipinski definition) is 2. The number of anilines is 1. The Labute approximate surface area is 134 Å². The van der Waals surface area contributed by atoms with Crippen LogP contribution in [0.5, 0.6) is 0 Å². The molecule has 0 aliphatic carbocycles. The molecular weight excluding hydrogens is 292 g/mol. The molecule has 0 fully saturated rings. The van der Waals surface area contributed by atoms with E-state index >= 15 is 0 Å². The van der Waals surface area contributed by atoms with Crippen LogP contribution in [0.3, 0.4) is 0 Å². The van der Waals surface area contributed by atoms with Gasteiger partial charge in [0.05, 0.1) is 0 Å². The molecule has 3 rings (SSSR count). The molecule has 0 saturated carbocycles. The normalized spacial score (nSPS) is 14.0. The van der Waals surface area contributed by atoms with Gasteiger partial charge in [0.1, 0.15) is 6.54 Å². The Morgan fingerprint density at radius 2 is 2.00 bits per heavy atom. The summed E-state index contributed by atoms with van der Waals surface area (Å²) in [5, 5.41) is 8.73. The summed E-state index contributed by atoms with van der Waals surface area (Å²) in [5.41, 5.74) is 2.88. The Morgan fingerprint density at radius 3 is 2.83 bits per heavy atom. The zero-order valence-corrected chi connectivity index (χ0v) is 12.7. The molecule has 1 aromatic heterocycles. The lowest BCUT2D eigenvalue weighted by Crippen LogP contribution is -2.37. The number of carboxylic acid groups (broad SMARTS) is 1. The van der Waals surface area contributed by atoms with Crippen molar-refractivity contribution in [3.63, 3.8) is 0 Å². The third-order valence-corrected chi connectivity index (χ3v) is 3.98. The molecule has 5 nitrogen and oxygen atoms in total. The zero-order chi connectivity index (χ0) is 16.2. The van der Waals surface area contributed by atoms with E-state index in [2.05, 4.69) is 6.07 Å². The van der Waals surface area contributed by atoms with Gasteiger partial charge in [0.15, 0.2) is 0 Å². The van der Waals surface area contributed by atoms with Crippen LogP contribution in [-0.4, -0.2) is 28.1 Å². The van der Waals surface area contributed by atoms with E-state index in [4.69, 9.17) is 5.11 Å². The van der Waals surface area contributed by atoms with Crippen molar-refractivity contribution in [1.82, 2.24) is 4.57 Å². The second-order valence-electron chi connectivity index (χ2n) is 5.51. The predicted molar refractivity (Wildman–Crippen MR) is 88.2 cm³/mol. The molecule has 118 valence electrons. The first-order valence-corrected chi connectivity index (χ1v) is 7.59. The molecule has 0 atom stereocenters. The lowest BCUT2D eigenvalue weighted by atomic mass is 10.0. The number of aromatic nitrogens is 1. The number of aryl methyl sites for hydroxylation is 1. The van der Waals surface area contributed by atoms with Gasteiger partial charge in [-0.05, 0) is 42.7 Å². The minimum Gasteiger partial charge on any atom is -0.478 e. The molecule has 0 saturated heterocycles. The molecular formula is C18H18N2O3. The monoisotopic (exact) mass is 310 g/mol. The second-order valence-corrected chi connectivity index (χ2v) is 5.51. The summed E-state index contributed by atoms with van der Waals surface area (Å²) < 4.78 is 1.76. The van der Waals surface area contributed by atoms with Gasteiger partial charge in [0.25, 0.3) is 0 Å². The van der Waals surface area contributed by atoms with Crippen LogP contribution in [-0.2, 0) is 22.6 Å². The fourth-order valence-electron chi connectivity index (χ4n) is 2.90. The molecule has 1 aliphatic heterocycles. The highest BCUT2D eigenvalue weighted by atomic mass is 16.4. The maximum absolute atomic E-state index is 12.7. The van der Waals surface area contributed by atoms with E-state index in [9.17, 15) is 9.59 Å². The number of carboxylic acids is 1. The Morgan fingerprint density at radius 1 is 1.17 bits per heavy atom. The maximum atomic E-state index is 12.7. The van der Waals surface area contributed by atoms with Crippen LogP contribution in [0.4, 0.5) is 5.69 Å². The summed E-state index contributed by atoms with van der Waals surface area (Å²) in [4.78, 5) is 25.1. The summed E-state index contributed by atoms with van der Waals surface area (Å²) in [6.45, 7) is 0.915. The molecule has 2 aromatic rings. The fourth-order valence-corrected chi connectivity index (χ4v) is 2.90. The summed E-state index contributed by atoms with van der Waals surface area (Å²) in [6.07, 6.45) is 6.32. The molecule has 23 heavy (non-hydrogen) atoms. The predicted octanol–water partition coefficient (Wildman–Crippen LogP) is 2.57. The van der Waals surface area contributed by atoms with Gasteiger partial charge < -0.3 is 14.6 Å². The lowest BCUT2D eigenvalue weighted by Gasteiger charge is -2.29.